The van der Waals surface area contributed by atoms with E-state index in [0.29, 0.717) is 39.3 Å². The number of benzene rings is 3. The normalized spacial score (nSPS) is 15.4. The topological polar surface area (TPSA) is 594 Å². The first-order valence-corrected chi connectivity index (χ1v) is 29.6. The number of carbonyl (C=O) groups excluding carboxylic acids is 13. The summed E-state index contributed by atoms with van der Waals surface area (Å²) in [5.41, 5.74) is 6.56. The highest BCUT2D eigenvalue weighted by atomic mass is 16.9. The summed E-state index contributed by atoms with van der Waals surface area (Å²) in [5, 5.41) is 97.1. The Labute approximate surface area is 559 Å². The Morgan fingerprint density at radius 1 is 0.434 bits per heavy atom. The number of carboxylic acids is 3. The van der Waals surface area contributed by atoms with Gasteiger partial charge in [-0.3, -0.25) is 62.5 Å². The minimum Gasteiger partial charge on any atom is -0.504 e. The standard InChI is InChI=1S/C24H28N2O11.C14H16N2O9.C9H8N2O7.C9H11NO4.C4H10O/c1-12(6-21(31)25-15(22(32)33)7-13-2-4-17(27)19(29)9-13)11-37-24(36)26-16(23(34)35)8-14-3-5-18(28)20(30)10-14;1-8(6-13(21)24-15-9(17)2-3-10(15)18)7-23-14(22)25-16-11(19)4-5-12(16)20;12-5-1-2-6(13)10(5)17-9(16)18-11-7(14)3-4-8(11)15;10-6(9(13)14)3-5-1-2-7(11)8(12)4-5;1-4(2)3-5/h2-5,9-10,12,15-16,27-30H,6-8,11H2,1H3,(H,25,31)(H,26,36)(H,32,33)(H,34,35);8H,2-7H2,1H3;1-4H2;1-2,4,6,11-12H,3,10H2,(H,13,14);4-5H,3H2,1-2H3. The molecule has 39 heteroatoms. The molecule has 14 N–H and O–H groups in total. The van der Waals surface area contributed by atoms with Crippen LogP contribution < -0.4 is 16.4 Å². The van der Waals surface area contributed by atoms with E-state index in [1.165, 1.54) is 48.5 Å². The second-order valence-corrected chi connectivity index (χ2v) is 22.2. The molecule has 5 atom stereocenters. The third-order valence-corrected chi connectivity index (χ3v) is 13.1. The van der Waals surface area contributed by atoms with Gasteiger partial charge in [-0.2, -0.15) is 4.79 Å². The molecule has 5 unspecified atom stereocenters. The van der Waals surface area contributed by atoms with Crippen LogP contribution >= 0.6 is 0 Å². The lowest BCUT2D eigenvalue weighted by atomic mass is 10.0. The van der Waals surface area contributed by atoms with E-state index in [4.69, 9.17) is 35.6 Å². The SMILES string of the molecule is CC(C)CO.CC(COC(=O)NC(Cc1ccc(O)c(O)c1)C(=O)O)CC(=O)NC(Cc1ccc(O)c(O)c1)C(=O)O.CC(COC(=O)ON1C(=O)CCC1=O)CC(=O)ON1C(=O)CCC1=O.NC(Cc1ccc(O)c(O)c1)C(=O)O.O=C(ON1C(=O)CCC1=O)ON1C(=O)CCC1=O. The molecule has 99 heavy (non-hydrogen) atoms. The maximum Gasteiger partial charge on any atom is 0.560 e. The molecule has 4 aliphatic heterocycles. The quantitative estimate of drug-likeness (QED) is 0.0336. The number of rotatable bonds is 24. The zero-order valence-electron chi connectivity index (χ0n) is 53.3. The van der Waals surface area contributed by atoms with Gasteiger partial charge in [-0.25, -0.2) is 24.0 Å². The smallest absolute Gasteiger partial charge is 0.504 e. The molecule has 39 nitrogen and oxygen atoms in total. The van der Waals surface area contributed by atoms with Crippen LogP contribution in [0.1, 0.15) is 109 Å². The van der Waals surface area contributed by atoms with Crippen LogP contribution in [0.3, 0.4) is 0 Å². The average molecular weight is 1400 g/mol. The lowest BCUT2D eigenvalue weighted by molar-refractivity contribution is -0.198. The molecule has 3 aromatic carbocycles. The van der Waals surface area contributed by atoms with Gasteiger partial charge in [-0.15, -0.1) is 5.06 Å². The van der Waals surface area contributed by atoms with Crippen LogP contribution in [0.15, 0.2) is 54.6 Å². The number of ether oxygens (including phenoxy) is 2. The molecule has 4 saturated heterocycles. The largest absolute Gasteiger partial charge is 0.560 e. The molecule has 0 saturated carbocycles. The number of nitrogens with zero attached hydrogens (tertiary/aromatic N) is 4. The van der Waals surface area contributed by atoms with Gasteiger partial charge in [0.15, 0.2) is 34.5 Å². The Balaban J connectivity index is 0.000000355. The molecule has 540 valence electrons. The lowest BCUT2D eigenvalue weighted by Gasteiger charge is -2.18. The number of amides is 10. The van der Waals surface area contributed by atoms with Gasteiger partial charge in [-0.1, -0.05) is 61.1 Å². The number of hydroxylamine groups is 8. The van der Waals surface area contributed by atoms with Crippen molar-refractivity contribution in [2.45, 2.75) is 129 Å². The Morgan fingerprint density at radius 2 is 0.747 bits per heavy atom. The van der Waals surface area contributed by atoms with Crippen LogP contribution in [0.5, 0.6) is 34.5 Å². The molecule has 7 rings (SSSR count). The second kappa shape index (κ2) is 39.2. The van der Waals surface area contributed by atoms with Gasteiger partial charge in [0.05, 0.1) is 19.6 Å². The summed E-state index contributed by atoms with van der Waals surface area (Å²) in [4.78, 5) is 200. The van der Waals surface area contributed by atoms with Crippen LogP contribution in [0.4, 0.5) is 14.4 Å². The fourth-order valence-electron chi connectivity index (χ4n) is 7.92. The van der Waals surface area contributed by atoms with E-state index >= 15 is 0 Å². The van der Waals surface area contributed by atoms with E-state index in [1.807, 2.05) is 13.8 Å². The van der Waals surface area contributed by atoms with Crippen molar-refractivity contribution in [3.63, 3.8) is 0 Å². The Kier molecular flexibility index (Phi) is 32.2. The number of aromatic hydroxyl groups is 6. The number of hydrogen-bond acceptors (Lipinski definition) is 30. The van der Waals surface area contributed by atoms with Gasteiger partial charge in [0.1, 0.15) is 18.1 Å². The monoisotopic (exact) mass is 1400 g/mol. The zero-order chi connectivity index (χ0) is 74.5. The highest BCUT2D eigenvalue weighted by Gasteiger charge is 2.39. The molecular formula is C60H73N7O32. The van der Waals surface area contributed by atoms with Gasteiger partial charge in [0.2, 0.25) is 5.91 Å². The van der Waals surface area contributed by atoms with Crippen LogP contribution in [0, 0.1) is 17.8 Å². The highest BCUT2D eigenvalue weighted by Crippen LogP contribution is 2.28. The van der Waals surface area contributed by atoms with Crippen molar-refractivity contribution in [2.75, 3.05) is 19.8 Å². The minimum atomic E-state index is -1.48. The van der Waals surface area contributed by atoms with Gasteiger partial charge in [0, 0.05) is 83.2 Å². The van der Waals surface area contributed by atoms with Crippen LogP contribution in [-0.2, 0) is 110 Å². The molecule has 4 heterocycles. The number of nitrogens with two attached hydrogens (primary N) is 1. The van der Waals surface area contributed by atoms with Crippen molar-refractivity contribution in [1.82, 2.24) is 30.9 Å². The first kappa shape index (κ1) is 81.3. The van der Waals surface area contributed by atoms with Crippen LogP contribution in [0.25, 0.3) is 0 Å². The molecule has 0 aromatic heterocycles. The maximum atomic E-state index is 12.3. The molecule has 0 radical (unpaired) electrons. The number of carboxylic acid groups (broad SMARTS) is 3. The van der Waals surface area contributed by atoms with E-state index in [-0.39, 0.29) is 130 Å². The molecule has 3 aromatic rings. The van der Waals surface area contributed by atoms with Crippen molar-refractivity contribution < 1.29 is 157 Å². The number of phenolic OH excluding ortho intramolecular Hbond substituents is 6. The van der Waals surface area contributed by atoms with Crippen molar-refractivity contribution in [1.29, 1.82) is 0 Å². The minimum absolute atomic E-state index is 0.00937. The predicted molar refractivity (Wildman–Crippen MR) is 321 cm³/mol. The average Bonchev–Trinajstić information content (AvgIpc) is 1.84. The van der Waals surface area contributed by atoms with Gasteiger partial charge >= 0.3 is 42.3 Å². The van der Waals surface area contributed by atoms with E-state index in [2.05, 4.69) is 30.0 Å². The van der Waals surface area contributed by atoms with E-state index in [0.717, 1.165) is 6.07 Å². The van der Waals surface area contributed by atoms with E-state index in [9.17, 15) is 107 Å². The molecule has 10 amide bonds. The van der Waals surface area contributed by atoms with Crippen LogP contribution in [0.2, 0.25) is 0 Å². The van der Waals surface area contributed by atoms with Crippen molar-refractivity contribution in [3.05, 3.63) is 71.3 Å². The van der Waals surface area contributed by atoms with Crippen molar-refractivity contribution in [3.8, 4) is 34.5 Å². The summed E-state index contributed by atoms with van der Waals surface area (Å²) in [6, 6.07) is 7.88. The molecule has 0 aliphatic carbocycles. The number of imide groups is 4. The number of hydrogen-bond donors (Lipinski definition) is 13. The fourth-order valence-corrected chi connectivity index (χ4v) is 7.92. The number of alkyl carbamates (subject to hydrolysis) is 1. The lowest BCUT2D eigenvalue weighted by Crippen LogP contribution is -2.44. The summed E-state index contributed by atoms with van der Waals surface area (Å²) in [7, 11) is 0. The number of aliphatic hydroxyl groups excluding tert-OH is 1. The first-order valence-electron chi connectivity index (χ1n) is 29.6. The number of nitrogens with one attached hydrogen (secondary N) is 2. The second-order valence-electron chi connectivity index (χ2n) is 22.2. The third kappa shape index (κ3) is 28.1. The Morgan fingerprint density at radius 3 is 1.08 bits per heavy atom. The molecule has 0 spiro atoms. The van der Waals surface area contributed by atoms with Gasteiger partial charge < -0.3 is 81.7 Å². The van der Waals surface area contributed by atoms with Crippen molar-refractivity contribution in [2.24, 2.45) is 23.5 Å². The molecule has 4 fully saturated rings. The highest BCUT2D eigenvalue weighted by molar-refractivity contribution is 6.03. The number of aliphatic carboxylic acids is 3. The molecular weight excluding hydrogens is 1330 g/mol. The van der Waals surface area contributed by atoms with Gasteiger partial charge in [0.25, 0.3) is 47.3 Å². The summed E-state index contributed by atoms with van der Waals surface area (Å²) >= 11 is 0. The fraction of sp³-hybridized carbons (Fsp3) is 0.433. The Hall–Kier alpha value is -11.9. The first-order chi connectivity index (χ1) is 46.4. The van der Waals surface area contributed by atoms with Crippen LogP contribution in [-0.4, -0.2) is 205 Å². The summed E-state index contributed by atoms with van der Waals surface area (Å²) < 4.78 is 9.70. The zero-order valence-corrected chi connectivity index (χ0v) is 53.3. The third-order valence-electron chi connectivity index (χ3n) is 13.1. The Bertz CT molecular complexity index is 3400. The number of aliphatic hydroxyl groups is 1. The van der Waals surface area contributed by atoms with E-state index < -0.39 is 137 Å². The number of carbonyl (C=O) groups is 16. The predicted octanol–water partition coefficient (Wildman–Crippen LogP) is 0.861. The maximum absolute atomic E-state index is 12.3. The summed E-state index contributed by atoms with van der Waals surface area (Å²) in [6.45, 7) is 6.84. The summed E-state index contributed by atoms with van der Waals surface area (Å²) in [5.74, 6) is -13.2. The van der Waals surface area contributed by atoms with E-state index in [1.54, 1.807) is 13.8 Å². The molecule has 4 aliphatic rings. The van der Waals surface area contributed by atoms with Gasteiger partial charge in [-0.05, 0) is 71.3 Å². The molecule has 0 bridgehead atoms. The van der Waals surface area contributed by atoms with Crippen molar-refractivity contribution >= 4 is 95.4 Å². The number of phenols is 6. The summed E-state index contributed by atoms with van der Waals surface area (Å²) in [6.07, 6.45) is -4.82.